The zero-order chi connectivity index (χ0) is 24.2. The van der Waals surface area contributed by atoms with Crippen molar-refractivity contribution in [1.82, 2.24) is 15.0 Å². The molecule has 1 aromatic heterocycles. The number of halogens is 1. The van der Waals surface area contributed by atoms with E-state index >= 15 is 0 Å². The van der Waals surface area contributed by atoms with Crippen molar-refractivity contribution in [3.8, 4) is 57.4 Å². The van der Waals surface area contributed by atoms with Gasteiger partial charge in [-0.05, 0) is 23.3 Å². The first-order valence-corrected chi connectivity index (χ1v) is 10.8. The van der Waals surface area contributed by atoms with E-state index in [1.54, 1.807) is 0 Å². The molecule has 0 aliphatic heterocycles. The highest BCUT2D eigenvalue weighted by Crippen LogP contribution is 2.28. The van der Waals surface area contributed by atoms with E-state index in [2.05, 4.69) is 0 Å². The lowest BCUT2D eigenvalue weighted by atomic mass is 9.99. The van der Waals surface area contributed by atoms with Crippen molar-refractivity contribution in [2.75, 3.05) is 0 Å². The van der Waals surface area contributed by atoms with Gasteiger partial charge in [0.25, 0.3) is 0 Å². The Labute approximate surface area is 201 Å². The first-order valence-electron chi connectivity index (χ1n) is 10.8. The summed E-state index contributed by atoms with van der Waals surface area (Å²) < 4.78 is 14.1. The molecule has 5 rings (SSSR count). The summed E-state index contributed by atoms with van der Waals surface area (Å²) in [6.07, 6.45) is 0. The molecule has 0 N–H and O–H groups in total. The molecule has 1 heterocycles. The minimum Gasteiger partial charge on any atom is -0.208 e. The van der Waals surface area contributed by atoms with Gasteiger partial charge in [-0.1, -0.05) is 84.9 Å². The lowest BCUT2D eigenvalue weighted by Gasteiger charge is -2.09. The first-order chi connectivity index (χ1) is 17.2. The molecule has 6 heteroatoms. The summed E-state index contributed by atoms with van der Waals surface area (Å²) in [5.74, 6) is 0.838. The quantitative estimate of drug-likeness (QED) is 0.313. The summed E-state index contributed by atoms with van der Waals surface area (Å²) in [5.41, 5.74) is 3.52. The van der Waals surface area contributed by atoms with E-state index in [0.29, 0.717) is 23.0 Å². The highest BCUT2D eigenvalue weighted by atomic mass is 19.1. The topological polar surface area (TPSA) is 86.2 Å². The van der Waals surface area contributed by atoms with Gasteiger partial charge in [-0.3, -0.25) is 0 Å². The Bertz CT molecular complexity index is 1510. The van der Waals surface area contributed by atoms with Crippen LogP contribution in [0.25, 0.3) is 45.3 Å². The summed E-state index contributed by atoms with van der Waals surface area (Å²) in [5, 5.41) is 18.4. The summed E-state index contributed by atoms with van der Waals surface area (Å²) in [6.45, 7) is 0. The van der Waals surface area contributed by atoms with E-state index in [0.717, 1.165) is 22.3 Å². The maximum absolute atomic E-state index is 14.1. The van der Waals surface area contributed by atoms with Crippen molar-refractivity contribution >= 4 is 0 Å². The van der Waals surface area contributed by atoms with E-state index in [1.165, 1.54) is 12.1 Å². The highest BCUT2D eigenvalue weighted by Gasteiger charge is 2.14. The summed E-state index contributed by atoms with van der Waals surface area (Å²) >= 11 is 0. The van der Waals surface area contributed by atoms with Crippen LogP contribution in [0.2, 0.25) is 0 Å². The Hall–Kier alpha value is -5.20. The molecule has 0 atom stereocenters. The van der Waals surface area contributed by atoms with Gasteiger partial charge in [0.05, 0.1) is 11.1 Å². The molecule has 0 saturated heterocycles. The third-order valence-corrected chi connectivity index (χ3v) is 5.49. The lowest BCUT2D eigenvalue weighted by Crippen LogP contribution is -2.00. The molecule has 164 valence electrons. The Morgan fingerprint density at radius 1 is 0.486 bits per heavy atom. The number of nitriles is 2. The Morgan fingerprint density at radius 2 is 0.857 bits per heavy atom. The van der Waals surface area contributed by atoms with Gasteiger partial charge in [-0.25, -0.2) is 19.3 Å². The normalized spacial score (nSPS) is 10.4. The molecule has 0 amide bonds. The number of nitrogens with zero attached hydrogens (tertiary/aromatic N) is 5. The van der Waals surface area contributed by atoms with Crippen molar-refractivity contribution in [2.24, 2.45) is 0 Å². The van der Waals surface area contributed by atoms with Crippen LogP contribution in [0.4, 0.5) is 4.39 Å². The van der Waals surface area contributed by atoms with Crippen molar-refractivity contribution in [2.45, 2.75) is 0 Å². The van der Waals surface area contributed by atoms with Crippen LogP contribution < -0.4 is 0 Å². The molecule has 0 spiro atoms. The summed E-state index contributed by atoms with van der Waals surface area (Å²) in [4.78, 5) is 14.1. The molecule has 0 aliphatic carbocycles. The third kappa shape index (κ3) is 4.37. The number of hydrogen-bond donors (Lipinski definition) is 0. The van der Waals surface area contributed by atoms with Crippen LogP contribution >= 0.6 is 0 Å². The molecular weight excluding hydrogens is 437 g/mol. The van der Waals surface area contributed by atoms with E-state index in [4.69, 9.17) is 15.0 Å². The second-order valence-corrected chi connectivity index (χ2v) is 7.72. The maximum Gasteiger partial charge on any atom is 0.164 e. The molecule has 5 aromatic rings. The minimum absolute atomic E-state index is 0.166. The number of rotatable bonds is 4. The van der Waals surface area contributed by atoms with Crippen molar-refractivity contribution in [1.29, 1.82) is 10.5 Å². The Morgan fingerprint density at radius 3 is 1.26 bits per heavy atom. The molecule has 0 bridgehead atoms. The van der Waals surface area contributed by atoms with Gasteiger partial charge in [-0.2, -0.15) is 10.5 Å². The van der Waals surface area contributed by atoms with E-state index < -0.39 is 5.82 Å². The molecule has 0 saturated carbocycles. The zero-order valence-corrected chi connectivity index (χ0v) is 18.4. The van der Waals surface area contributed by atoms with Crippen LogP contribution in [-0.4, -0.2) is 15.0 Å². The van der Waals surface area contributed by atoms with Crippen LogP contribution in [0.1, 0.15) is 11.1 Å². The standard InChI is InChI=1S/C29H16FN5/c30-26-24(17-31)15-23(16-25(26)18-32)19-11-13-22(14-12-19)29-34-27(20-7-3-1-4-8-20)33-28(35-29)21-9-5-2-6-10-21/h1-16H. The van der Waals surface area contributed by atoms with Gasteiger partial charge in [0.1, 0.15) is 12.1 Å². The maximum atomic E-state index is 14.1. The molecule has 0 fully saturated rings. The van der Waals surface area contributed by atoms with Gasteiger partial charge in [-0.15, -0.1) is 0 Å². The summed E-state index contributed by atoms with van der Waals surface area (Å²) in [7, 11) is 0. The van der Waals surface area contributed by atoms with Crippen molar-refractivity contribution in [3.05, 3.63) is 114 Å². The molecule has 0 unspecified atom stereocenters. The molecule has 0 aliphatic rings. The summed E-state index contributed by atoms with van der Waals surface area (Å²) in [6, 6.07) is 33.3. The fraction of sp³-hybridized carbons (Fsp3) is 0. The van der Waals surface area contributed by atoms with Crippen LogP contribution in [0.5, 0.6) is 0 Å². The fourth-order valence-electron chi connectivity index (χ4n) is 3.70. The Balaban J connectivity index is 1.59. The zero-order valence-electron chi connectivity index (χ0n) is 18.4. The van der Waals surface area contributed by atoms with E-state index in [1.807, 2.05) is 97.1 Å². The monoisotopic (exact) mass is 453 g/mol. The minimum atomic E-state index is -0.803. The van der Waals surface area contributed by atoms with Crippen molar-refractivity contribution < 1.29 is 4.39 Å². The third-order valence-electron chi connectivity index (χ3n) is 5.49. The largest absolute Gasteiger partial charge is 0.208 e. The first kappa shape index (κ1) is 21.6. The van der Waals surface area contributed by atoms with Gasteiger partial charge in [0.15, 0.2) is 23.3 Å². The van der Waals surface area contributed by atoms with Crippen LogP contribution in [0, 0.1) is 28.5 Å². The average Bonchev–Trinajstić information content (AvgIpc) is 2.94. The molecule has 4 aromatic carbocycles. The predicted octanol–water partition coefficient (Wildman–Crippen LogP) is 6.42. The molecule has 5 nitrogen and oxygen atoms in total. The van der Waals surface area contributed by atoms with Crippen LogP contribution in [0.15, 0.2) is 97.1 Å². The Kier molecular flexibility index (Phi) is 5.78. The van der Waals surface area contributed by atoms with Crippen LogP contribution in [0.3, 0.4) is 0 Å². The van der Waals surface area contributed by atoms with Crippen molar-refractivity contribution in [3.63, 3.8) is 0 Å². The second-order valence-electron chi connectivity index (χ2n) is 7.72. The number of hydrogen-bond acceptors (Lipinski definition) is 5. The predicted molar refractivity (Wildman–Crippen MR) is 131 cm³/mol. The number of aromatic nitrogens is 3. The smallest absolute Gasteiger partial charge is 0.164 e. The highest BCUT2D eigenvalue weighted by molar-refractivity contribution is 5.72. The van der Waals surface area contributed by atoms with Gasteiger partial charge >= 0.3 is 0 Å². The average molecular weight is 453 g/mol. The fourth-order valence-corrected chi connectivity index (χ4v) is 3.70. The second kappa shape index (κ2) is 9.35. The van der Waals surface area contributed by atoms with Gasteiger partial charge in [0, 0.05) is 16.7 Å². The molecule has 35 heavy (non-hydrogen) atoms. The van der Waals surface area contributed by atoms with E-state index in [-0.39, 0.29) is 11.1 Å². The van der Waals surface area contributed by atoms with E-state index in [9.17, 15) is 14.9 Å². The molecular formula is C29H16FN5. The van der Waals surface area contributed by atoms with Gasteiger partial charge < -0.3 is 0 Å². The van der Waals surface area contributed by atoms with Crippen LogP contribution in [-0.2, 0) is 0 Å². The number of benzene rings is 4. The van der Waals surface area contributed by atoms with Gasteiger partial charge in [0.2, 0.25) is 0 Å². The lowest BCUT2D eigenvalue weighted by molar-refractivity contribution is 0.620. The molecule has 0 radical (unpaired) electrons. The SMILES string of the molecule is N#Cc1cc(-c2ccc(-c3nc(-c4ccccc4)nc(-c4ccccc4)n3)cc2)cc(C#N)c1F.